The van der Waals surface area contributed by atoms with Crippen LogP contribution in [0, 0.1) is 0 Å². The van der Waals surface area contributed by atoms with E-state index in [1.807, 2.05) is 20.8 Å². The first-order valence-corrected chi connectivity index (χ1v) is 7.62. The Morgan fingerprint density at radius 2 is 2.00 bits per heavy atom. The van der Waals surface area contributed by atoms with Crippen LogP contribution in [0.1, 0.15) is 44.7 Å². The Labute approximate surface area is 122 Å². The van der Waals surface area contributed by atoms with Crippen LogP contribution in [0.25, 0.3) is 0 Å². The van der Waals surface area contributed by atoms with Crippen molar-refractivity contribution in [2.24, 2.45) is 0 Å². The number of fused-ring (bicyclic) bond motifs is 1. The molecule has 0 saturated carbocycles. The van der Waals surface area contributed by atoms with Crippen molar-refractivity contribution in [2.75, 3.05) is 18.5 Å². The summed E-state index contributed by atoms with van der Waals surface area (Å²) in [4.78, 5) is 0. The second-order valence-electron chi connectivity index (χ2n) is 6.61. The fraction of sp³-hybridized carbons (Fsp3) is 0.647. The minimum Gasteiger partial charge on any atom is -0.389 e. The standard InChI is InChI=1S/C17H27NO2/c1-17(2,3)20-12-14(19)11-18-16-10-6-8-13-7-4-5-9-15(13)16/h6,8,10,14,18-19H,4-5,7,9,11-12H2,1-3H3. The number of hydrogen-bond acceptors (Lipinski definition) is 3. The minimum atomic E-state index is -0.478. The lowest BCUT2D eigenvalue weighted by Gasteiger charge is -2.24. The van der Waals surface area contributed by atoms with Gasteiger partial charge in [0, 0.05) is 12.2 Å². The minimum absolute atomic E-state index is 0.201. The first-order chi connectivity index (χ1) is 9.46. The molecule has 0 amide bonds. The third-order valence-electron chi connectivity index (χ3n) is 3.63. The Morgan fingerprint density at radius 3 is 2.75 bits per heavy atom. The predicted octanol–water partition coefficient (Wildman–Crippen LogP) is 3.15. The van der Waals surface area contributed by atoms with Gasteiger partial charge >= 0.3 is 0 Å². The monoisotopic (exact) mass is 277 g/mol. The van der Waals surface area contributed by atoms with Crippen molar-refractivity contribution < 1.29 is 9.84 Å². The van der Waals surface area contributed by atoms with E-state index in [4.69, 9.17) is 4.74 Å². The highest BCUT2D eigenvalue weighted by Crippen LogP contribution is 2.27. The fourth-order valence-corrected chi connectivity index (χ4v) is 2.58. The summed E-state index contributed by atoms with van der Waals surface area (Å²) < 4.78 is 5.60. The van der Waals surface area contributed by atoms with E-state index in [-0.39, 0.29) is 5.60 Å². The van der Waals surface area contributed by atoms with Gasteiger partial charge in [-0.05, 0) is 63.6 Å². The van der Waals surface area contributed by atoms with E-state index in [2.05, 4.69) is 23.5 Å². The van der Waals surface area contributed by atoms with Crippen molar-refractivity contribution in [3.05, 3.63) is 29.3 Å². The van der Waals surface area contributed by atoms with Gasteiger partial charge in [0.15, 0.2) is 0 Å². The van der Waals surface area contributed by atoms with Crippen molar-refractivity contribution >= 4 is 5.69 Å². The molecule has 0 radical (unpaired) electrons. The molecule has 1 aliphatic rings. The van der Waals surface area contributed by atoms with Crippen LogP contribution in [0.4, 0.5) is 5.69 Å². The lowest BCUT2D eigenvalue weighted by atomic mass is 9.90. The van der Waals surface area contributed by atoms with Crippen LogP contribution in [0.3, 0.4) is 0 Å². The van der Waals surface area contributed by atoms with Gasteiger partial charge in [0.2, 0.25) is 0 Å². The fourth-order valence-electron chi connectivity index (χ4n) is 2.58. The molecule has 1 aromatic carbocycles. The maximum absolute atomic E-state index is 9.99. The van der Waals surface area contributed by atoms with Crippen LogP contribution in [0.15, 0.2) is 18.2 Å². The SMILES string of the molecule is CC(C)(C)OCC(O)CNc1cccc2c1CCCC2. The van der Waals surface area contributed by atoms with Crippen molar-refractivity contribution in [3.63, 3.8) is 0 Å². The number of aliphatic hydroxyl groups excluding tert-OH is 1. The van der Waals surface area contributed by atoms with Gasteiger partial charge in [-0.3, -0.25) is 0 Å². The largest absolute Gasteiger partial charge is 0.389 e. The lowest BCUT2D eigenvalue weighted by molar-refractivity contribution is -0.0449. The average molecular weight is 277 g/mol. The number of hydrogen-bond donors (Lipinski definition) is 2. The second kappa shape index (κ2) is 6.59. The summed E-state index contributed by atoms with van der Waals surface area (Å²) in [5.41, 5.74) is 3.87. The van der Waals surface area contributed by atoms with E-state index in [0.29, 0.717) is 13.2 Å². The van der Waals surface area contributed by atoms with Gasteiger partial charge < -0.3 is 15.2 Å². The molecule has 0 spiro atoms. The molecule has 1 aromatic rings. The Hall–Kier alpha value is -1.06. The molecule has 112 valence electrons. The maximum atomic E-state index is 9.99. The number of aryl methyl sites for hydroxylation is 1. The lowest BCUT2D eigenvalue weighted by Crippen LogP contribution is -2.30. The maximum Gasteiger partial charge on any atom is 0.0945 e. The molecule has 0 heterocycles. The summed E-state index contributed by atoms with van der Waals surface area (Å²) in [6.45, 7) is 6.90. The highest BCUT2D eigenvalue weighted by atomic mass is 16.5. The van der Waals surface area contributed by atoms with Gasteiger partial charge in [0.1, 0.15) is 0 Å². The molecular weight excluding hydrogens is 250 g/mol. The zero-order valence-electron chi connectivity index (χ0n) is 12.9. The number of rotatable bonds is 5. The van der Waals surface area contributed by atoms with Gasteiger partial charge in [-0.25, -0.2) is 0 Å². The highest BCUT2D eigenvalue weighted by molar-refractivity contribution is 5.55. The highest BCUT2D eigenvalue weighted by Gasteiger charge is 2.15. The normalized spacial score (nSPS) is 16.6. The van der Waals surface area contributed by atoms with Crippen LogP contribution < -0.4 is 5.32 Å². The van der Waals surface area contributed by atoms with E-state index < -0.39 is 6.10 Å². The number of nitrogens with one attached hydrogen (secondary N) is 1. The third kappa shape index (κ3) is 4.50. The molecule has 2 N–H and O–H groups in total. The summed E-state index contributed by atoms with van der Waals surface area (Å²) in [5.74, 6) is 0. The summed E-state index contributed by atoms with van der Waals surface area (Å²) >= 11 is 0. The molecule has 0 fully saturated rings. The zero-order chi connectivity index (χ0) is 14.6. The number of ether oxygens (including phenoxy) is 1. The zero-order valence-corrected chi connectivity index (χ0v) is 12.9. The topological polar surface area (TPSA) is 41.5 Å². The van der Waals surface area contributed by atoms with Gasteiger partial charge in [0.05, 0.1) is 18.3 Å². The van der Waals surface area contributed by atoms with E-state index in [0.717, 1.165) is 6.42 Å². The number of benzene rings is 1. The Morgan fingerprint density at radius 1 is 1.25 bits per heavy atom. The quantitative estimate of drug-likeness (QED) is 0.868. The van der Waals surface area contributed by atoms with Crippen molar-refractivity contribution in [2.45, 2.75) is 58.2 Å². The average Bonchev–Trinajstić information content (AvgIpc) is 2.42. The van der Waals surface area contributed by atoms with Gasteiger partial charge in [-0.2, -0.15) is 0 Å². The van der Waals surface area contributed by atoms with Crippen LogP contribution >= 0.6 is 0 Å². The smallest absolute Gasteiger partial charge is 0.0945 e. The van der Waals surface area contributed by atoms with Crippen LogP contribution in [-0.4, -0.2) is 30.0 Å². The van der Waals surface area contributed by atoms with Crippen molar-refractivity contribution in [3.8, 4) is 0 Å². The van der Waals surface area contributed by atoms with Crippen molar-refractivity contribution in [1.82, 2.24) is 0 Å². The van der Waals surface area contributed by atoms with Crippen molar-refractivity contribution in [1.29, 1.82) is 0 Å². The van der Waals surface area contributed by atoms with E-state index in [9.17, 15) is 5.11 Å². The molecule has 0 aromatic heterocycles. The second-order valence-corrected chi connectivity index (χ2v) is 6.61. The summed E-state index contributed by atoms with van der Waals surface area (Å²) in [5, 5.41) is 13.4. The van der Waals surface area contributed by atoms with Crippen LogP contribution in [0.2, 0.25) is 0 Å². The molecule has 3 nitrogen and oxygen atoms in total. The summed E-state index contributed by atoms with van der Waals surface area (Å²) in [6, 6.07) is 6.44. The number of anilines is 1. The summed E-state index contributed by atoms with van der Waals surface area (Å²) in [7, 11) is 0. The first kappa shape index (κ1) is 15.3. The molecule has 20 heavy (non-hydrogen) atoms. The summed E-state index contributed by atoms with van der Waals surface area (Å²) in [6.07, 6.45) is 4.40. The van der Waals surface area contributed by atoms with E-state index >= 15 is 0 Å². The molecule has 1 aliphatic carbocycles. The molecule has 3 heteroatoms. The molecule has 1 unspecified atom stereocenters. The third-order valence-corrected chi connectivity index (χ3v) is 3.63. The Kier molecular flexibility index (Phi) is 5.06. The Balaban J connectivity index is 1.88. The Bertz CT molecular complexity index is 437. The van der Waals surface area contributed by atoms with Gasteiger partial charge in [-0.1, -0.05) is 12.1 Å². The van der Waals surface area contributed by atoms with E-state index in [1.165, 1.54) is 36.1 Å². The van der Waals surface area contributed by atoms with Gasteiger partial charge in [-0.15, -0.1) is 0 Å². The molecule has 0 bridgehead atoms. The van der Waals surface area contributed by atoms with Crippen LogP contribution in [-0.2, 0) is 17.6 Å². The van der Waals surface area contributed by atoms with Crippen LogP contribution in [0.5, 0.6) is 0 Å². The van der Waals surface area contributed by atoms with Gasteiger partial charge in [0.25, 0.3) is 0 Å². The first-order valence-electron chi connectivity index (χ1n) is 7.62. The van der Waals surface area contributed by atoms with E-state index in [1.54, 1.807) is 0 Å². The predicted molar refractivity (Wildman–Crippen MR) is 83.3 cm³/mol. The number of aliphatic hydroxyl groups is 1. The molecule has 0 aliphatic heterocycles. The molecule has 1 atom stereocenters. The molecule has 0 saturated heterocycles. The molecule has 2 rings (SSSR count). The molecular formula is C17H27NO2.